The highest BCUT2D eigenvalue weighted by molar-refractivity contribution is 6.91. The summed E-state index contributed by atoms with van der Waals surface area (Å²) in [5.41, 5.74) is 0.877. The second kappa shape index (κ2) is 10.2. The first-order valence-electron chi connectivity index (χ1n) is 9.91. The van der Waals surface area contributed by atoms with Crippen LogP contribution >= 0.6 is 0 Å². The Bertz CT molecular complexity index is 273. The maximum atomic E-state index is 4.40. The lowest BCUT2D eigenvalue weighted by atomic mass is 10.4. The number of rotatable bonds is 12. The summed E-state index contributed by atoms with van der Waals surface area (Å²) in [7, 11) is -3.12. The molecule has 0 aromatic heterocycles. The second-order valence-electron chi connectivity index (χ2n) is 7.11. The van der Waals surface area contributed by atoms with E-state index < -0.39 is 16.8 Å². The molecule has 1 aliphatic carbocycles. The Labute approximate surface area is 141 Å². The van der Waals surface area contributed by atoms with Gasteiger partial charge in [0.2, 0.25) is 0 Å². The van der Waals surface area contributed by atoms with Gasteiger partial charge in [-0.05, 0) is 62.4 Å². The molecule has 3 N–H and O–H groups in total. The van der Waals surface area contributed by atoms with Crippen LogP contribution in [0.2, 0.25) is 23.7 Å². The van der Waals surface area contributed by atoms with Crippen LogP contribution in [0.15, 0.2) is 0 Å². The molecule has 0 aromatic carbocycles. The van der Waals surface area contributed by atoms with Crippen LogP contribution in [0, 0.1) is 0 Å². The van der Waals surface area contributed by atoms with Crippen LogP contribution < -0.4 is 14.6 Å². The average Bonchev–Trinajstić information content (AvgIpc) is 3.10. The molecule has 0 atom stereocenters. The van der Waals surface area contributed by atoms with Crippen molar-refractivity contribution in [1.29, 1.82) is 0 Å². The third-order valence-corrected chi connectivity index (χ3v) is 16.9. The summed E-state index contributed by atoms with van der Waals surface area (Å²) in [4.78, 5) is 8.14. The molecule has 0 aromatic rings. The lowest BCUT2D eigenvalue weighted by Gasteiger charge is -2.46. The molecule has 3 nitrogen and oxygen atoms in total. The lowest BCUT2D eigenvalue weighted by molar-refractivity contribution is 0.673. The average molecular weight is 344 g/mol. The molecule has 1 aliphatic rings. The Morgan fingerprint density at radius 2 is 1.23 bits per heavy atom. The van der Waals surface area contributed by atoms with Crippen LogP contribution in [0.25, 0.3) is 0 Å². The van der Waals surface area contributed by atoms with E-state index in [4.69, 9.17) is 0 Å². The summed E-state index contributed by atoms with van der Waals surface area (Å²) in [6.45, 7) is 14.2. The Morgan fingerprint density at radius 1 is 0.773 bits per heavy atom. The molecule has 0 amide bonds. The first-order chi connectivity index (χ1) is 10.6. The fourth-order valence-corrected chi connectivity index (χ4v) is 15.7. The molecule has 1 fully saturated rings. The van der Waals surface area contributed by atoms with Crippen molar-refractivity contribution in [3.05, 3.63) is 0 Å². The van der Waals surface area contributed by atoms with E-state index >= 15 is 0 Å². The first kappa shape index (κ1) is 20.4. The van der Waals surface area contributed by atoms with Gasteiger partial charge in [0.05, 0.1) is 0 Å². The normalized spacial score (nSPS) is 17.3. The van der Waals surface area contributed by atoms with Gasteiger partial charge in [0, 0.05) is 0 Å². The first-order valence-corrected chi connectivity index (χ1v) is 14.6. The van der Waals surface area contributed by atoms with Gasteiger partial charge >= 0.3 is 0 Å². The SMILES string of the molecule is CCCN[Si](NCCC)(N[Si](CC)(CC)CC)C1CCCC1. The molecule has 0 heterocycles. The molecule has 1 rings (SSSR count). The van der Waals surface area contributed by atoms with Crippen molar-refractivity contribution in [3.63, 3.8) is 0 Å². The summed E-state index contributed by atoms with van der Waals surface area (Å²) in [5, 5.41) is 0. The number of hydrogen-bond donors (Lipinski definition) is 3. The Balaban J connectivity index is 3.02. The standard InChI is InChI=1S/C17H41N3Si2/c1-6-15-18-22(19-16-7-2,17-13-11-12-14-17)20-21(8-3,9-4)10-5/h17-20H,6-16H2,1-5H3. The molecule has 1 saturated carbocycles. The van der Waals surface area contributed by atoms with E-state index in [2.05, 4.69) is 49.2 Å². The van der Waals surface area contributed by atoms with Gasteiger partial charge in [-0.25, -0.2) is 0 Å². The summed E-state index contributed by atoms with van der Waals surface area (Å²) >= 11 is 0. The van der Waals surface area contributed by atoms with E-state index in [1.54, 1.807) is 0 Å². The van der Waals surface area contributed by atoms with Gasteiger partial charge in [-0.1, -0.05) is 47.5 Å². The van der Waals surface area contributed by atoms with E-state index in [0.717, 1.165) is 18.6 Å². The minimum Gasteiger partial charge on any atom is -0.334 e. The van der Waals surface area contributed by atoms with Crippen molar-refractivity contribution in [2.24, 2.45) is 0 Å². The third kappa shape index (κ3) is 5.16. The van der Waals surface area contributed by atoms with Crippen LogP contribution in [0.5, 0.6) is 0 Å². The minimum absolute atomic E-state index is 0.877. The molecule has 0 spiro atoms. The zero-order valence-electron chi connectivity index (χ0n) is 15.9. The lowest BCUT2D eigenvalue weighted by Crippen LogP contribution is -2.80. The van der Waals surface area contributed by atoms with Crippen LogP contribution in [0.4, 0.5) is 0 Å². The van der Waals surface area contributed by atoms with Crippen LogP contribution in [0.3, 0.4) is 0 Å². The van der Waals surface area contributed by atoms with Gasteiger partial charge < -0.3 is 14.6 Å². The topological polar surface area (TPSA) is 36.1 Å². The van der Waals surface area contributed by atoms with Crippen molar-refractivity contribution < 1.29 is 0 Å². The molecule has 132 valence electrons. The molecule has 0 bridgehead atoms. The highest BCUT2D eigenvalue weighted by atomic mass is 28.4. The Kier molecular flexibility index (Phi) is 9.47. The van der Waals surface area contributed by atoms with E-state index in [1.807, 2.05) is 0 Å². The summed E-state index contributed by atoms with van der Waals surface area (Å²) in [5.74, 6) is 0. The van der Waals surface area contributed by atoms with Crippen LogP contribution in [0.1, 0.15) is 73.1 Å². The Morgan fingerprint density at radius 3 is 1.59 bits per heavy atom. The molecule has 0 aliphatic heterocycles. The highest BCUT2D eigenvalue weighted by Crippen LogP contribution is 2.36. The maximum Gasteiger partial charge on any atom is 0.277 e. The fourth-order valence-electron chi connectivity index (χ4n) is 3.98. The van der Waals surface area contributed by atoms with E-state index in [1.165, 1.54) is 56.7 Å². The fraction of sp³-hybridized carbons (Fsp3) is 1.00. The highest BCUT2D eigenvalue weighted by Gasteiger charge is 2.47. The van der Waals surface area contributed by atoms with Crippen molar-refractivity contribution >= 4 is 16.8 Å². The van der Waals surface area contributed by atoms with Gasteiger partial charge in [0.25, 0.3) is 8.56 Å². The summed E-state index contributed by atoms with van der Waals surface area (Å²) in [6.07, 6.45) is 8.18. The quantitative estimate of drug-likeness (QED) is 0.458. The summed E-state index contributed by atoms with van der Waals surface area (Å²) in [6, 6.07) is 4.09. The Hall–Kier alpha value is 0.314. The zero-order valence-corrected chi connectivity index (χ0v) is 17.9. The summed E-state index contributed by atoms with van der Waals surface area (Å²) < 4.78 is 4.40. The molecule has 0 unspecified atom stereocenters. The smallest absolute Gasteiger partial charge is 0.277 e. The van der Waals surface area contributed by atoms with Crippen LogP contribution in [-0.2, 0) is 0 Å². The third-order valence-electron chi connectivity index (χ3n) is 5.77. The molecule has 0 saturated heterocycles. The predicted molar refractivity (Wildman–Crippen MR) is 105 cm³/mol. The molecular formula is C17H41N3Si2. The van der Waals surface area contributed by atoms with Gasteiger partial charge in [0.15, 0.2) is 0 Å². The number of hydrogen-bond acceptors (Lipinski definition) is 3. The number of nitrogens with one attached hydrogen (secondary N) is 3. The molecule has 0 radical (unpaired) electrons. The molecule has 22 heavy (non-hydrogen) atoms. The van der Waals surface area contributed by atoms with E-state index in [0.29, 0.717) is 0 Å². The monoisotopic (exact) mass is 343 g/mol. The molecular weight excluding hydrogens is 302 g/mol. The van der Waals surface area contributed by atoms with Gasteiger partial charge in [-0.2, -0.15) is 0 Å². The second-order valence-corrected chi connectivity index (χ2v) is 15.9. The van der Waals surface area contributed by atoms with Crippen molar-refractivity contribution in [2.45, 2.75) is 96.8 Å². The van der Waals surface area contributed by atoms with Crippen molar-refractivity contribution in [1.82, 2.24) is 14.6 Å². The zero-order chi connectivity index (χ0) is 16.5. The maximum absolute atomic E-state index is 4.40. The van der Waals surface area contributed by atoms with Gasteiger partial charge in [-0.3, -0.25) is 0 Å². The predicted octanol–water partition coefficient (Wildman–Crippen LogP) is 4.46. The van der Waals surface area contributed by atoms with Crippen molar-refractivity contribution in [2.75, 3.05) is 13.1 Å². The largest absolute Gasteiger partial charge is 0.334 e. The van der Waals surface area contributed by atoms with Gasteiger partial charge in [-0.15, -0.1) is 0 Å². The van der Waals surface area contributed by atoms with E-state index in [9.17, 15) is 0 Å². The minimum atomic E-state index is -1.79. The van der Waals surface area contributed by atoms with E-state index in [-0.39, 0.29) is 0 Å². The molecule has 5 heteroatoms. The van der Waals surface area contributed by atoms with Crippen LogP contribution in [-0.4, -0.2) is 29.9 Å². The van der Waals surface area contributed by atoms with Crippen molar-refractivity contribution in [3.8, 4) is 0 Å². The van der Waals surface area contributed by atoms with Gasteiger partial charge in [0.1, 0.15) is 8.24 Å².